The molecule has 17 heavy (non-hydrogen) atoms. The van der Waals surface area contributed by atoms with Crippen LogP contribution in [0.25, 0.3) is 0 Å². The van der Waals surface area contributed by atoms with E-state index in [0.717, 1.165) is 21.8 Å². The summed E-state index contributed by atoms with van der Waals surface area (Å²) in [5.74, 6) is 0.183. The van der Waals surface area contributed by atoms with Crippen molar-refractivity contribution in [3.8, 4) is 0 Å². The summed E-state index contributed by atoms with van der Waals surface area (Å²) in [5, 5.41) is 4.33. The zero-order valence-electron chi connectivity index (χ0n) is 10.6. The fourth-order valence-electron chi connectivity index (χ4n) is 1.91. The number of carbonyl (C=O) groups is 1. The number of Topliss-reactive ketones (excluding diaryl/α,β-unsaturated/α-hetero) is 1. The minimum absolute atomic E-state index is 0.183. The average Bonchev–Trinajstić information content (AvgIpc) is 2.79. The van der Waals surface area contributed by atoms with Crippen LogP contribution in [0.5, 0.6) is 0 Å². The van der Waals surface area contributed by atoms with Crippen LogP contribution in [-0.4, -0.2) is 15.6 Å². The highest BCUT2D eigenvalue weighted by atomic mass is 32.1. The molecule has 2 aromatic rings. The highest BCUT2D eigenvalue weighted by molar-refractivity contribution is 7.14. The van der Waals surface area contributed by atoms with Crippen molar-refractivity contribution in [1.82, 2.24) is 9.78 Å². The third-order valence-corrected chi connectivity index (χ3v) is 4.05. The maximum atomic E-state index is 12.1. The summed E-state index contributed by atoms with van der Waals surface area (Å²) in [6.07, 6.45) is 0.450. The molecule has 0 aliphatic heterocycles. The summed E-state index contributed by atoms with van der Waals surface area (Å²) >= 11 is 1.56. The van der Waals surface area contributed by atoms with Gasteiger partial charge in [-0.2, -0.15) is 5.10 Å². The summed E-state index contributed by atoms with van der Waals surface area (Å²) in [7, 11) is 1.91. The van der Waals surface area contributed by atoms with Gasteiger partial charge in [0.25, 0.3) is 0 Å². The Morgan fingerprint density at radius 2 is 2.06 bits per heavy atom. The quantitative estimate of drug-likeness (QED) is 0.783. The predicted octanol–water partition coefficient (Wildman–Crippen LogP) is 2.83. The number of ketones is 1. The molecule has 0 radical (unpaired) electrons. The van der Waals surface area contributed by atoms with E-state index >= 15 is 0 Å². The monoisotopic (exact) mass is 248 g/mol. The van der Waals surface area contributed by atoms with E-state index in [4.69, 9.17) is 0 Å². The molecule has 0 saturated carbocycles. The molecule has 3 nitrogen and oxygen atoms in total. The van der Waals surface area contributed by atoms with Crippen molar-refractivity contribution in [3.63, 3.8) is 0 Å². The van der Waals surface area contributed by atoms with Gasteiger partial charge < -0.3 is 0 Å². The smallest absolute Gasteiger partial charge is 0.177 e. The number of aryl methyl sites for hydroxylation is 3. The molecule has 0 N–H and O–H groups in total. The SMILES string of the molecule is Cc1ccc(C(=O)Cc2c(C)nn(C)c2C)s1. The minimum Gasteiger partial charge on any atom is -0.293 e. The largest absolute Gasteiger partial charge is 0.293 e. The van der Waals surface area contributed by atoms with Gasteiger partial charge in [0.15, 0.2) is 5.78 Å². The van der Waals surface area contributed by atoms with Crippen LogP contribution in [0, 0.1) is 20.8 Å². The normalized spacial score (nSPS) is 10.8. The molecule has 0 fully saturated rings. The van der Waals surface area contributed by atoms with Crippen LogP contribution >= 0.6 is 11.3 Å². The summed E-state index contributed by atoms with van der Waals surface area (Å²) in [4.78, 5) is 14.1. The molecule has 2 rings (SSSR count). The van der Waals surface area contributed by atoms with Gasteiger partial charge >= 0.3 is 0 Å². The van der Waals surface area contributed by atoms with Gasteiger partial charge in [-0.15, -0.1) is 11.3 Å². The Kier molecular flexibility index (Phi) is 3.15. The van der Waals surface area contributed by atoms with Crippen molar-refractivity contribution in [1.29, 1.82) is 0 Å². The molecule has 0 aromatic carbocycles. The van der Waals surface area contributed by atoms with Gasteiger partial charge in [0.1, 0.15) is 0 Å². The summed E-state index contributed by atoms with van der Waals surface area (Å²) in [6.45, 7) is 5.97. The van der Waals surface area contributed by atoms with Crippen molar-refractivity contribution in [3.05, 3.63) is 38.8 Å². The number of thiophene rings is 1. The van der Waals surface area contributed by atoms with E-state index in [1.807, 2.05) is 44.6 Å². The van der Waals surface area contributed by atoms with Crippen LogP contribution in [0.15, 0.2) is 12.1 Å². The van der Waals surface area contributed by atoms with Gasteiger partial charge in [-0.3, -0.25) is 9.48 Å². The molecular weight excluding hydrogens is 232 g/mol. The third-order valence-electron chi connectivity index (χ3n) is 3.01. The van der Waals surface area contributed by atoms with Crippen molar-refractivity contribution >= 4 is 17.1 Å². The predicted molar refractivity (Wildman–Crippen MR) is 69.8 cm³/mol. The molecule has 0 amide bonds. The Labute approximate surface area is 105 Å². The lowest BCUT2D eigenvalue weighted by atomic mass is 10.1. The van der Waals surface area contributed by atoms with E-state index in [-0.39, 0.29) is 5.78 Å². The number of nitrogens with zero attached hydrogens (tertiary/aromatic N) is 2. The summed E-state index contributed by atoms with van der Waals surface area (Å²) < 4.78 is 1.83. The topological polar surface area (TPSA) is 34.9 Å². The Bertz CT molecular complexity index is 566. The lowest BCUT2D eigenvalue weighted by molar-refractivity contribution is 0.0996. The number of rotatable bonds is 3. The number of carbonyl (C=O) groups excluding carboxylic acids is 1. The Morgan fingerprint density at radius 3 is 2.53 bits per heavy atom. The maximum Gasteiger partial charge on any atom is 0.177 e. The van der Waals surface area contributed by atoms with Crippen molar-refractivity contribution < 1.29 is 4.79 Å². The van der Waals surface area contributed by atoms with Crippen LogP contribution in [-0.2, 0) is 13.5 Å². The minimum atomic E-state index is 0.183. The van der Waals surface area contributed by atoms with E-state index in [1.54, 1.807) is 11.3 Å². The van der Waals surface area contributed by atoms with Gasteiger partial charge in [-0.05, 0) is 32.9 Å². The fraction of sp³-hybridized carbons (Fsp3) is 0.385. The first kappa shape index (κ1) is 12.0. The van der Waals surface area contributed by atoms with Gasteiger partial charge in [0.2, 0.25) is 0 Å². The van der Waals surface area contributed by atoms with Crippen molar-refractivity contribution in [2.45, 2.75) is 27.2 Å². The molecule has 0 aliphatic carbocycles. The molecule has 90 valence electrons. The molecule has 0 spiro atoms. The first-order valence-corrected chi connectivity index (χ1v) is 6.39. The molecule has 2 aromatic heterocycles. The Hall–Kier alpha value is -1.42. The highest BCUT2D eigenvalue weighted by Crippen LogP contribution is 2.20. The standard InChI is InChI=1S/C13H16N2OS/c1-8-5-6-13(17-8)12(16)7-11-9(2)14-15(4)10(11)3/h5-6H,7H2,1-4H3. The first-order valence-electron chi connectivity index (χ1n) is 5.57. The zero-order valence-corrected chi connectivity index (χ0v) is 11.4. The van der Waals surface area contributed by atoms with Crippen LogP contribution in [0.1, 0.15) is 31.5 Å². The van der Waals surface area contributed by atoms with Gasteiger partial charge in [0.05, 0.1) is 10.6 Å². The van der Waals surface area contributed by atoms with E-state index in [0.29, 0.717) is 6.42 Å². The first-order chi connectivity index (χ1) is 7.99. The van der Waals surface area contributed by atoms with E-state index in [9.17, 15) is 4.79 Å². The lowest BCUT2D eigenvalue weighted by Gasteiger charge is -2.00. The molecular formula is C13H16N2OS. The second-order valence-corrected chi connectivity index (χ2v) is 5.57. The average molecular weight is 248 g/mol. The third kappa shape index (κ3) is 2.31. The van der Waals surface area contributed by atoms with Crippen LogP contribution in [0.2, 0.25) is 0 Å². The molecule has 0 saturated heterocycles. The van der Waals surface area contributed by atoms with Crippen LogP contribution in [0.4, 0.5) is 0 Å². The molecule has 0 bridgehead atoms. The number of hydrogen-bond acceptors (Lipinski definition) is 3. The molecule has 0 aliphatic rings. The summed E-state index contributed by atoms with van der Waals surface area (Å²) in [6, 6.07) is 3.89. The Balaban J connectivity index is 2.24. The highest BCUT2D eigenvalue weighted by Gasteiger charge is 2.15. The molecule has 4 heteroatoms. The molecule has 0 atom stereocenters. The van der Waals surface area contributed by atoms with Crippen LogP contribution in [0.3, 0.4) is 0 Å². The van der Waals surface area contributed by atoms with Gasteiger partial charge in [-0.25, -0.2) is 0 Å². The van der Waals surface area contributed by atoms with E-state index in [2.05, 4.69) is 5.10 Å². The van der Waals surface area contributed by atoms with E-state index in [1.165, 1.54) is 4.88 Å². The molecule has 2 heterocycles. The van der Waals surface area contributed by atoms with Crippen LogP contribution < -0.4 is 0 Å². The second-order valence-electron chi connectivity index (χ2n) is 4.28. The fourth-order valence-corrected chi connectivity index (χ4v) is 2.71. The second kappa shape index (κ2) is 4.45. The summed E-state index contributed by atoms with van der Waals surface area (Å²) in [5.41, 5.74) is 3.08. The lowest BCUT2D eigenvalue weighted by Crippen LogP contribution is -2.03. The zero-order chi connectivity index (χ0) is 12.6. The van der Waals surface area contributed by atoms with Crippen molar-refractivity contribution in [2.24, 2.45) is 7.05 Å². The van der Waals surface area contributed by atoms with E-state index < -0.39 is 0 Å². The van der Waals surface area contributed by atoms with Gasteiger partial charge in [-0.1, -0.05) is 0 Å². The maximum absolute atomic E-state index is 12.1. The molecule has 0 unspecified atom stereocenters. The number of hydrogen-bond donors (Lipinski definition) is 0. The van der Waals surface area contributed by atoms with Crippen molar-refractivity contribution in [2.75, 3.05) is 0 Å². The van der Waals surface area contributed by atoms with Gasteiger partial charge in [0, 0.05) is 29.6 Å². The Morgan fingerprint density at radius 1 is 1.35 bits per heavy atom. The number of aromatic nitrogens is 2.